The summed E-state index contributed by atoms with van der Waals surface area (Å²) in [6, 6.07) is 21.6. The van der Waals surface area contributed by atoms with E-state index in [9.17, 15) is 0 Å². The Morgan fingerprint density at radius 1 is 0.870 bits per heavy atom. The lowest BCUT2D eigenvalue weighted by Crippen LogP contribution is -2.08. The molecule has 0 aliphatic rings. The minimum atomic E-state index is -0.340. The summed E-state index contributed by atoms with van der Waals surface area (Å²) in [6.45, 7) is 0. The maximum atomic E-state index is 6.19. The number of ether oxygens (including phenoxy) is 1. The van der Waals surface area contributed by atoms with Gasteiger partial charge in [-0.05, 0) is 24.3 Å². The van der Waals surface area contributed by atoms with Crippen molar-refractivity contribution in [3.05, 3.63) is 90.4 Å². The van der Waals surface area contributed by atoms with Gasteiger partial charge in [-0.25, -0.2) is 0 Å². The first-order valence-electron chi connectivity index (χ1n) is 7.37. The number of nitrogens with zero attached hydrogens (tertiary/aromatic N) is 2. The molecule has 1 unspecified atom stereocenters. The second kappa shape index (κ2) is 5.93. The van der Waals surface area contributed by atoms with E-state index in [-0.39, 0.29) is 6.10 Å². The smallest absolute Gasteiger partial charge is 0.184 e. The second-order valence-corrected chi connectivity index (χ2v) is 5.18. The van der Waals surface area contributed by atoms with Gasteiger partial charge < -0.3 is 9.26 Å². The zero-order chi connectivity index (χ0) is 15.5. The molecule has 4 heteroatoms. The standard InChI is InChI=1S/C19H14N2O2/c1-2-5-14(6-3-1)19(18-10-12-21-23-18)22-16-8-9-17-15(13-16)7-4-11-20-17/h1-13,19H. The van der Waals surface area contributed by atoms with Crippen LogP contribution in [0.25, 0.3) is 10.9 Å². The molecule has 4 nitrogen and oxygen atoms in total. The van der Waals surface area contributed by atoms with E-state index in [1.54, 1.807) is 12.4 Å². The molecule has 0 spiro atoms. The van der Waals surface area contributed by atoms with Crippen molar-refractivity contribution in [3.8, 4) is 5.75 Å². The van der Waals surface area contributed by atoms with Crippen molar-refractivity contribution in [1.82, 2.24) is 10.1 Å². The Hall–Kier alpha value is -3.14. The number of hydrogen-bond acceptors (Lipinski definition) is 4. The van der Waals surface area contributed by atoms with Crippen molar-refractivity contribution in [1.29, 1.82) is 0 Å². The van der Waals surface area contributed by atoms with Gasteiger partial charge in [0.25, 0.3) is 0 Å². The van der Waals surface area contributed by atoms with E-state index in [1.165, 1.54) is 0 Å². The molecule has 4 aromatic rings. The van der Waals surface area contributed by atoms with Crippen molar-refractivity contribution in [2.45, 2.75) is 6.10 Å². The normalized spacial score (nSPS) is 12.2. The summed E-state index contributed by atoms with van der Waals surface area (Å²) in [7, 11) is 0. The van der Waals surface area contributed by atoms with E-state index >= 15 is 0 Å². The molecule has 0 aliphatic heterocycles. The summed E-state index contributed by atoms with van der Waals surface area (Å²) < 4.78 is 11.5. The van der Waals surface area contributed by atoms with E-state index in [0.29, 0.717) is 5.76 Å². The van der Waals surface area contributed by atoms with Gasteiger partial charge in [0, 0.05) is 23.2 Å². The lowest BCUT2D eigenvalue weighted by Gasteiger charge is -2.17. The minimum absolute atomic E-state index is 0.340. The Bertz CT molecular complexity index is 905. The molecule has 0 amide bonds. The first kappa shape index (κ1) is 13.5. The van der Waals surface area contributed by atoms with Gasteiger partial charge in [-0.3, -0.25) is 4.98 Å². The Labute approximate surface area is 133 Å². The lowest BCUT2D eigenvalue weighted by molar-refractivity contribution is 0.200. The Kier molecular flexibility index (Phi) is 3.48. The average molecular weight is 302 g/mol. The third-order valence-corrected chi connectivity index (χ3v) is 3.65. The lowest BCUT2D eigenvalue weighted by atomic mass is 10.1. The van der Waals surface area contributed by atoms with Crippen LogP contribution in [0.1, 0.15) is 17.4 Å². The highest BCUT2D eigenvalue weighted by Gasteiger charge is 2.19. The zero-order valence-corrected chi connectivity index (χ0v) is 12.3. The Balaban J connectivity index is 1.72. The van der Waals surface area contributed by atoms with Crippen LogP contribution in [-0.2, 0) is 0 Å². The SMILES string of the molecule is c1ccc(C(Oc2ccc3ncccc3c2)c2ccno2)cc1. The summed E-state index contributed by atoms with van der Waals surface area (Å²) in [4.78, 5) is 4.33. The highest BCUT2D eigenvalue weighted by molar-refractivity contribution is 5.79. The molecule has 0 N–H and O–H groups in total. The van der Waals surface area contributed by atoms with Gasteiger partial charge in [0.05, 0.1) is 11.7 Å². The maximum absolute atomic E-state index is 6.19. The number of benzene rings is 2. The van der Waals surface area contributed by atoms with Gasteiger partial charge >= 0.3 is 0 Å². The number of fused-ring (bicyclic) bond motifs is 1. The first-order chi connectivity index (χ1) is 11.4. The van der Waals surface area contributed by atoms with Gasteiger partial charge in [0.2, 0.25) is 0 Å². The molecule has 2 aromatic heterocycles. The van der Waals surface area contributed by atoms with Gasteiger partial charge in [-0.15, -0.1) is 0 Å². The predicted octanol–water partition coefficient (Wildman–Crippen LogP) is 4.39. The van der Waals surface area contributed by atoms with Crippen molar-refractivity contribution >= 4 is 10.9 Å². The maximum Gasteiger partial charge on any atom is 0.184 e. The van der Waals surface area contributed by atoms with Gasteiger partial charge in [0.15, 0.2) is 11.9 Å². The van der Waals surface area contributed by atoms with Crippen LogP contribution < -0.4 is 4.74 Å². The third-order valence-electron chi connectivity index (χ3n) is 3.65. The minimum Gasteiger partial charge on any atom is -0.478 e. The fraction of sp³-hybridized carbons (Fsp3) is 0.0526. The van der Waals surface area contributed by atoms with E-state index in [1.807, 2.05) is 66.7 Å². The van der Waals surface area contributed by atoms with E-state index < -0.39 is 0 Å². The van der Waals surface area contributed by atoms with Gasteiger partial charge in [-0.1, -0.05) is 41.6 Å². The summed E-state index contributed by atoms with van der Waals surface area (Å²) in [5.41, 5.74) is 1.95. The highest BCUT2D eigenvalue weighted by Crippen LogP contribution is 2.29. The molecular weight excluding hydrogens is 288 g/mol. The van der Waals surface area contributed by atoms with Crippen LogP contribution in [0.2, 0.25) is 0 Å². The van der Waals surface area contributed by atoms with Crippen LogP contribution in [0.15, 0.2) is 83.6 Å². The average Bonchev–Trinajstić information content (AvgIpc) is 3.14. The number of rotatable bonds is 4. The van der Waals surface area contributed by atoms with Crippen molar-refractivity contribution in [2.24, 2.45) is 0 Å². The predicted molar refractivity (Wildman–Crippen MR) is 87.2 cm³/mol. The molecule has 0 radical (unpaired) electrons. The monoisotopic (exact) mass is 302 g/mol. The van der Waals surface area contributed by atoms with E-state index in [2.05, 4.69) is 10.1 Å². The Morgan fingerprint density at radius 3 is 2.61 bits per heavy atom. The fourth-order valence-electron chi connectivity index (χ4n) is 2.54. The molecule has 1 atom stereocenters. The molecule has 2 heterocycles. The van der Waals surface area contributed by atoms with Gasteiger partial charge in [-0.2, -0.15) is 0 Å². The molecule has 2 aromatic carbocycles. The number of hydrogen-bond donors (Lipinski definition) is 0. The van der Waals surface area contributed by atoms with Crippen molar-refractivity contribution in [2.75, 3.05) is 0 Å². The molecule has 0 aliphatic carbocycles. The highest BCUT2D eigenvalue weighted by atomic mass is 16.5. The van der Waals surface area contributed by atoms with Crippen LogP contribution in [0.5, 0.6) is 5.75 Å². The quantitative estimate of drug-likeness (QED) is 0.561. The second-order valence-electron chi connectivity index (χ2n) is 5.18. The van der Waals surface area contributed by atoms with Crippen LogP contribution in [0.4, 0.5) is 0 Å². The fourth-order valence-corrected chi connectivity index (χ4v) is 2.54. The summed E-state index contributed by atoms with van der Waals surface area (Å²) in [5, 5.41) is 4.83. The number of pyridine rings is 1. The molecule has 0 bridgehead atoms. The van der Waals surface area contributed by atoms with Crippen LogP contribution >= 0.6 is 0 Å². The topological polar surface area (TPSA) is 48.2 Å². The van der Waals surface area contributed by atoms with E-state index in [4.69, 9.17) is 9.26 Å². The zero-order valence-electron chi connectivity index (χ0n) is 12.3. The largest absolute Gasteiger partial charge is 0.478 e. The third kappa shape index (κ3) is 2.79. The first-order valence-corrected chi connectivity index (χ1v) is 7.37. The van der Waals surface area contributed by atoms with Crippen LogP contribution in [-0.4, -0.2) is 10.1 Å². The molecule has 0 saturated heterocycles. The van der Waals surface area contributed by atoms with Crippen molar-refractivity contribution in [3.63, 3.8) is 0 Å². The summed E-state index contributed by atoms with van der Waals surface area (Å²) >= 11 is 0. The van der Waals surface area contributed by atoms with Crippen LogP contribution in [0, 0.1) is 0 Å². The summed E-state index contributed by atoms with van der Waals surface area (Å²) in [6.07, 6.45) is 3.07. The summed E-state index contributed by atoms with van der Waals surface area (Å²) in [5.74, 6) is 1.43. The van der Waals surface area contributed by atoms with Crippen molar-refractivity contribution < 1.29 is 9.26 Å². The van der Waals surface area contributed by atoms with E-state index in [0.717, 1.165) is 22.2 Å². The molecule has 112 valence electrons. The molecule has 0 saturated carbocycles. The molecule has 23 heavy (non-hydrogen) atoms. The molecular formula is C19H14N2O2. The molecule has 4 rings (SSSR count). The molecule has 0 fully saturated rings. The Morgan fingerprint density at radius 2 is 1.78 bits per heavy atom. The van der Waals surface area contributed by atoms with Crippen LogP contribution in [0.3, 0.4) is 0 Å². The number of aromatic nitrogens is 2. The van der Waals surface area contributed by atoms with Gasteiger partial charge in [0.1, 0.15) is 5.75 Å².